The van der Waals surface area contributed by atoms with Gasteiger partial charge in [-0.1, -0.05) is 57.1 Å². The van der Waals surface area contributed by atoms with Crippen LogP contribution in [0.25, 0.3) is 10.9 Å². The zero-order chi connectivity index (χ0) is 15.4. The number of anilines is 1. The largest absolute Gasteiger partial charge is 0.389 e. The van der Waals surface area contributed by atoms with Gasteiger partial charge in [0.15, 0.2) is 0 Å². The summed E-state index contributed by atoms with van der Waals surface area (Å²) < 4.78 is 0. The third-order valence-electron chi connectivity index (χ3n) is 4.11. The van der Waals surface area contributed by atoms with Crippen molar-refractivity contribution >= 4 is 33.9 Å². The number of hydrogen-bond acceptors (Lipinski definition) is 3. The normalized spacial score (nSPS) is 12.6. The van der Waals surface area contributed by atoms with E-state index in [1.54, 1.807) is 0 Å². The van der Waals surface area contributed by atoms with Gasteiger partial charge in [0, 0.05) is 11.4 Å². The molecule has 2 aromatic rings. The molecule has 1 aromatic carbocycles. The molecule has 21 heavy (non-hydrogen) atoms. The van der Waals surface area contributed by atoms with Crippen LogP contribution in [0.4, 0.5) is 5.82 Å². The second kappa shape index (κ2) is 6.85. The number of pyridine rings is 1. The summed E-state index contributed by atoms with van der Waals surface area (Å²) in [6.45, 7) is 6.63. The summed E-state index contributed by atoms with van der Waals surface area (Å²) in [7, 11) is 0. The fraction of sp³-hybridized carbons (Fsp3) is 0.412. The quantitative estimate of drug-likeness (QED) is 0.789. The molecule has 0 amide bonds. The molecule has 0 saturated heterocycles. The van der Waals surface area contributed by atoms with Crippen molar-refractivity contribution in [1.82, 2.24) is 4.98 Å². The van der Waals surface area contributed by atoms with Crippen molar-refractivity contribution in [2.75, 3.05) is 5.32 Å². The number of benzene rings is 1. The molecule has 4 heteroatoms. The molecule has 0 aliphatic heterocycles. The van der Waals surface area contributed by atoms with Crippen molar-refractivity contribution in [3.8, 4) is 0 Å². The molecule has 3 nitrogen and oxygen atoms in total. The maximum atomic E-state index is 5.87. The van der Waals surface area contributed by atoms with Crippen LogP contribution in [0, 0.1) is 5.92 Å². The first-order chi connectivity index (χ1) is 10.1. The third-order valence-corrected chi connectivity index (χ3v) is 4.33. The Morgan fingerprint density at radius 2 is 1.95 bits per heavy atom. The molecule has 0 fully saturated rings. The number of nitrogens with two attached hydrogens (primary N) is 1. The van der Waals surface area contributed by atoms with Crippen LogP contribution in [-0.2, 0) is 0 Å². The van der Waals surface area contributed by atoms with Crippen molar-refractivity contribution in [1.29, 1.82) is 0 Å². The fourth-order valence-corrected chi connectivity index (χ4v) is 2.90. The van der Waals surface area contributed by atoms with Gasteiger partial charge in [0.2, 0.25) is 0 Å². The van der Waals surface area contributed by atoms with Crippen LogP contribution < -0.4 is 11.1 Å². The standard InChI is InChI=1S/C17H23N3S/c1-4-12(5-2)11(3)19-17-14(16(18)21)10-13-8-6-7-9-15(13)20-17/h6-12H,4-5H2,1-3H3,(H2,18,21)(H,19,20). The van der Waals surface area contributed by atoms with Gasteiger partial charge < -0.3 is 11.1 Å². The van der Waals surface area contributed by atoms with Crippen LogP contribution in [0.3, 0.4) is 0 Å². The van der Waals surface area contributed by atoms with E-state index >= 15 is 0 Å². The number of para-hydroxylation sites is 1. The minimum Gasteiger partial charge on any atom is -0.389 e. The Balaban J connectivity index is 2.41. The van der Waals surface area contributed by atoms with Gasteiger partial charge in [0.25, 0.3) is 0 Å². The molecule has 1 aromatic heterocycles. The van der Waals surface area contributed by atoms with E-state index in [4.69, 9.17) is 22.9 Å². The predicted octanol–water partition coefficient (Wildman–Crippen LogP) is 4.11. The zero-order valence-electron chi connectivity index (χ0n) is 12.9. The first-order valence-electron chi connectivity index (χ1n) is 7.52. The molecule has 112 valence electrons. The van der Waals surface area contributed by atoms with Crippen LogP contribution in [0.5, 0.6) is 0 Å². The van der Waals surface area contributed by atoms with E-state index in [9.17, 15) is 0 Å². The molecular weight excluding hydrogens is 278 g/mol. The highest BCUT2D eigenvalue weighted by molar-refractivity contribution is 7.80. The lowest BCUT2D eigenvalue weighted by Gasteiger charge is -2.24. The first-order valence-corrected chi connectivity index (χ1v) is 7.93. The molecule has 1 heterocycles. The van der Waals surface area contributed by atoms with Gasteiger partial charge >= 0.3 is 0 Å². The molecular formula is C17H23N3S. The van der Waals surface area contributed by atoms with E-state index in [0.717, 1.165) is 35.1 Å². The van der Waals surface area contributed by atoms with Gasteiger partial charge in [-0.2, -0.15) is 0 Å². The van der Waals surface area contributed by atoms with Crippen molar-refractivity contribution in [3.05, 3.63) is 35.9 Å². The summed E-state index contributed by atoms with van der Waals surface area (Å²) >= 11 is 5.19. The number of aromatic nitrogens is 1. The van der Waals surface area contributed by atoms with Gasteiger partial charge in [0.05, 0.1) is 11.1 Å². The van der Waals surface area contributed by atoms with E-state index in [-0.39, 0.29) is 0 Å². The average Bonchev–Trinajstić information content (AvgIpc) is 2.47. The van der Waals surface area contributed by atoms with E-state index in [1.165, 1.54) is 0 Å². The monoisotopic (exact) mass is 301 g/mol. The maximum absolute atomic E-state index is 5.87. The molecule has 0 radical (unpaired) electrons. The number of fused-ring (bicyclic) bond motifs is 1. The summed E-state index contributed by atoms with van der Waals surface area (Å²) in [4.78, 5) is 5.09. The Morgan fingerprint density at radius 1 is 1.29 bits per heavy atom. The van der Waals surface area contributed by atoms with Crippen molar-refractivity contribution < 1.29 is 0 Å². The highest BCUT2D eigenvalue weighted by Gasteiger charge is 2.17. The summed E-state index contributed by atoms with van der Waals surface area (Å²) in [5.41, 5.74) is 7.65. The predicted molar refractivity (Wildman–Crippen MR) is 94.8 cm³/mol. The van der Waals surface area contributed by atoms with Crippen LogP contribution in [0.2, 0.25) is 0 Å². The topological polar surface area (TPSA) is 50.9 Å². The summed E-state index contributed by atoms with van der Waals surface area (Å²) in [6.07, 6.45) is 2.28. The summed E-state index contributed by atoms with van der Waals surface area (Å²) in [6, 6.07) is 10.4. The first kappa shape index (κ1) is 15.7. The van der Waals surface area contributed by atoms with Crippen molar-refractivity contribution in [2.24, 2.45) is 11.7 Å². The maximum Gasteiger partial charge on any atom is 0.137 e. The number of hydrogen-bond donors (Lipinski definition) is 2. The Hall–Kier alpha value is -1.68. The average molecular weight is 301 g/mol. The Kier molecular flexibility index (Phi) is 5.12. The SMILES string of the molecule is CCC(CC)C(C)Nc1nc2ccccc2cc1C(N)=S. The Morgan fingerprint density at radius 3 is 2.57 bits per heavy atom. The van der Waals surface area contributed by atoms with Gasteiger partial charge in [-0.05, 0) is 25.0 Å². The lowest BCUT2D eigenvalue weighted by atomic mass is 9.95. The third kappa shape index (κ3) is 3.50. The number of rotatable bonds is 6. The summed E-state index contributed by atoms with van der Waals surface area (Å²) in [5.74, 6) is 1.40. The van der Waals surface area contributed by atoms with Crippen molar-refractivity contribution in [2.45, 2.75) is 39.7 Å². The molecule has 1 unspecified atom stereocenters. The second-order valence-electron chi connectivity index (χ2n) is 5.45. The Labute approximate surface area is 132 Å². The van der Waals surface area contributed by atoms with Gasteiger partial charge in [-0.3, -0.25) is 0 Å². The van der Waals surface area contributed by atoms with Crippen LogP contribution in [0.15, 0.2) is 30.3 Å². The molecule has 0 saturated carbocycles. The molecule has 0 aliphatic rings. The van der Waals surface area contributed by atoms with Gasteiger partial charge in [0.1, 0.15) is 10.8 Å². The minimum absolute atomic E-state index is 0.335. The van der Waals surface area contributed by atoms with E-state index in [0.29, 0.717) is 16.9 Å². The Bertz CT molecular complexity index is 635. The van der Waals surface area contributed by atoms with Gasteiger partial charge in [-0.15, -0.1) is 0 Å². The van der Waals surface area contributed by atoms with Crippen LogP contribution in [0.1, 0.15) is 39.2 Å². The highest BCUT2D eigenvalue weighted by atomic mass is 32.1. The smallest absolute Gasteiger partial charge is 0.137 e. The highest BCUT2D eigenvalue weighted by Crippen LogP contribution is 2.23. The van der Waals surface area contributed by atoms with E-state index in [1.807, 2.05) is 30.3 Å². The lowest BCUT2D eigenvalue weighted by molar-refractivity contribution is 0.437. The van der Waals surface area contributed by atoms with Crippen LogP contribution >= 0.6 is 12.2 Å². The fourth-order valence-electron chi connectivity index (χ4n) is 2.74. The molecule has 3 N–H and O–H groups in total. The minimum atomic E-state index is 0.335. The second-order valence-corrected chi connectivity index (χ2v) is 5.89. The number of nitrogens with one attached hydrogen (secondary N) is 1. The molecule has 0 spiro atoms. The molecule has 2 rings (SSSR count). The van der Waals surface area contributed by atoms with Gasteiger partial charge in [-0.25, -0.2) is 4.98 Å². The molecule has 0 bridgehead atoms. The number of thiocarbonyl (C=S) groups is 1. The lowest BCUT2D eigenvalue weighted by Crippen LogP contribution is -2.27. The van der Waals surface area contributed by atoms with Crippen molar-refractivity contribution in [3.63, 3.8) is 0 Å². The van der Waals surface area contributed by atoms with E-state index in [2.05, 4.69) is 26.1 Å². The molecule has 1 atom stereocenters. The molecule has 0 aliphatic carbocycles. The van der Waals surface area contributed by atoms with E-state index < -0.39 is 0 Å². The number of nitrogens with zero attached hydrogens (tertiary/aromatic N) is 1. The van der Waals surface area contributed by atoms with Crippen LogP contribution in [-0.4, -0.2) is 16.0 Å². The summed E-state index contributed by atoms with van der Waals surface area (Å²) in [5, 5.41) is 4.56. The zero-order valence-corrected chi connectivity index (χ0v) is 13.7.